The van der Waals surface area contributed by atoms with Crippen LogP contribution in [0.15, 0.2) is 18.5 Å². The molecule has 3 heteroatoms. The topological polar surface area (TPSA) is 24.9 Å². The van der Waals surface area contributed by atoms with Crippen LogP contribution < -0.4 is 5.32 Å². The first-order valence-corrected chi connectivity index (χ1v) is 6.01. The highest BCUT2D eigenvalue weighted by Gasteiger charge is 2.07. The maximum atomic E-state index is 6.06. The molecule has 0 aliphatic carbocycles. The summed E-state index contributed by atoms with van der Waals surface area (Å²) in [7, 11) is 0. The van der Waals surface area contributed by atoms with Gasteiger partial charge in [0.15, 0.2) is 0 Å². The number of pyridine rings is 1. The molecule has 0 aliphatic heterocycles. The van der Waals surface area contributed by atoms with E-state index < -0.39 is 0 Å². The van der Waals surface area contributed by atoms with Gasteiger partial charge in [-0.05, 0) is 18.9 Å². The van der Waals surface area contributed by atoms with Crippen LogP contribution >= 0.6 is 11.6 Å². The lowest BCUT2D eigenvalue weighted by molar-refractivity contribution is 0.593. The van der Waals surface area contributed by atoms with Crippen LogP contribution in [-0.2, 0) is 0 Å². The molecule has 1 aromatic heterocycles. The molecule has 0 amide bonds. The number of hydrogen-bond acceptors (Lipinski definition) is 2. The Morgan fingerprint density at radius 1 is 1.47 bits per heavy atom. The molecule has 1 N–H and O–H groups in total. The number of aromatic nitrogens is 1. The van der Waals surface area contributed by atoms with Crippen molar-refractivity contribution in [2.75, 3.05) is 5.32 Å². The molecule has 0 spiro atoms. The molecule has 0 saturated heterocycles. The molecule has 1 atom stereocenters. The van der Waals surface area contributed by atoms with E-state index in [0.717, 1.165) is 17.1 Å². The van der Waals surface area contributed by atoms with Crippen LogP contribution in [0.3, 0.4) is 0 Å². The van der Waals surface area contributed by atoms with Crippen molar-refractivity contribution in [1.82, 2.24) is 4.98 Å². The van der Waals surface area contributed by atoms with Crippen LogP contribution in [0.25, 0.3) is 0 Å². The fourth-order valence-corrected chi connectivity index (χ4v) is 1.69. The summed E-state index contributed by atoms with van der Waals surface area (Å²) in [6.07, 6.45) is 8.29. The van der Waals surface area contributed by atoms with E-state index in [9.17, 15) is 0 Å². The Balaban J connectivity index is 2.54. The van der Waals surface area contributed by atoms with E-state index in [1.807, 2.05) is 6.07 Å². The van der Waals surface area contributed by atoms with Crippen LogP contribution in [0, 0.1) is 0 Å². The third-order valence-electron chi connectivity index (χ3n) is 2.53. The molecule has 1 rings (SSSR count). The van der Waals surface area contributed by atoms with Gasteiger partial charge in [-0.15, -0.1) is 0 Å². The van der Waals surface area contributed by atoms with Crippen molar-refractivity contribution in [3.8, 4) is 0 Å². The predicted octanol–water partition coefficient (Wildman–Crippen LogP) is 4.12. The smallest absolute Gasteiger partial charge is 0.0718 e. The number of anilines is 1. The summed E-state index contributed by atoms with van der Waals surface area (Å²) in [6.45, 7) is 4.40. The van der Waals surface area contributed by atoms with E-state index >= 15 is 0 Å². The van der Waals surface area contributed by atoms with Gasteiger partial charge in [-0.2, -0.15) is 0 Å². The molecule has 0 bridgehead atoms. The minimum absolute atomic E-state index is 0.506. The Bertz CT molecular complexity index is 289. The fraction of sp³-hybridized carbons (Fsp3) is 0.583. The molecule has 1 unspecified atom stereocenters. The molecule has 1 aromatic rings. The third kappa shape index (κ3) is 4.08. The summed E-state index contributed by atoms with van der Waals surface area (Å²) in [6, 6.07) is 2.32. The lowest BCUT2D eigenvalue weighted by Crippen LogP contribution is -2.18. The summed E-state index contributed by atoms with van der Waals surface area (Å²) in [4.78, 5) is 4.07. The zero-order chi connectivity index (χ0) is 11.1. The van der Waals surface area contributed by atoms with Gasteiger partial charge in [-0.25, -0.2) is 0 Å². The van der Waals surface area contributed by atoms with Crippen molar-refractivity contribution in [2.24, 2.45) is 0 Å². The standard InChI is InChI=1S/C12H19ClN2/c1-3-5-6-10(4-2)15-12-9-14-8-7-11(12)13/h7-10,15H,3-6H2,1-2H3. The summed E-state index contributed by atoms with van der Waals surface area (Å²) < 4.78 is 0. The van der Waals surface area contributed by atoms with Gasteiger partial charge < -0.3 is 5.32 Å². The van der Waals surface area contributed by atoms with E-state index in [1.54, 1.807) is 12.4 Å². The average molecular weight is 227 g/mol. The minimum Gasteiger partial charge on any atom is -0.380 e. The number of nitrogens with zero attached hydrogens (tertiary/aromatic N) is 1. The second-order valence-corrected chi connectivity index (χ2v) is 4.15. The van der Waals surface area contributed by atoms with E-state index in [2.05, 4.69) is 24.1 Å². The predicted molar refractivity (Wildman–Crippen MR) is 66.5 cm³/mol. The lowest BCUT2D eigenvalue weighted by atomic mass is 10.1. The molecule has 0 fully saturated rings. The van der Waals surface area contributed by atoms with Crippen LogP contribution in [0.4, 0.5) is 5.69 Å². The molecule has 0 aliphatic rings. The largest absolute Gasteiger partial charge is 0.380 e. The molecule has 0 aromatic carbocycles. The van der Waals surface area contributed by atoms with Crippen molar-refractivity contribution in [1.29, 1.82) is 0 Å². The van der Waals surface area contributed by atoms with Gasteiger partial charge in [-0.1, -0.05) is 38.3 Å². The highest BCUT2D eigenvalue weighted by molar-refractivity contribution is 6.33. The summed E-state index contributed by atoms with van der Waals surface area (Å²) in [5.41, 5.74) is 0.946. The van der Waals surface area contributed by atoms with E-state index in [0.29, 0.717) is 6.04 Å². The molecular weight excluding hydrogens is 208 g/mol. The first-order chi connectivity index (χ1) is 7.27. The van der Waals surface area contributed by atoms with Gasteiger partial charge in [0.1, 0.15) is 0 Å². The van der Waals surface area contributed by atoms with Gasteiger partial charge in [0, 0.05) is 12.2 Å². The summed E-state index contributed by atoms with van der Waals surface area (Å²) in [5.74, 6) is 0. The lowest BCUT2D eigenvalue weighted by Gasteiger charge is -2.18. The van der Waals surface area contributed by atoms with Gasteiger partial charge >= 0.3 is 0 Å². The summed E-state index contributed by atoms with van der Waals surface area (Å²) in [5, 5.41) is 4.19. The maximum Gasteiger partial charge on any atom is 0.0718 e. The Kier molecular flexibility index (Phi) is 5.48. The quantitative estimate of drug-likeness (QED) is 0.790. The van der Waals surface area contributed by atoms with E-state index in [4.69, 9.17) is 11.6 Å². The van der Waals surface area contributed by atoms with Crippen LogP contribution in [0.5, 0.6) is 0 Å². The van der Waals surface area contributed by atoms with E-state index in [1.165, 1.54) is 19.3 Å². The van der Waals surface area contributed by atoms with Crippen LogP contribution in [0.2, 0.25) is 5.02 Å². The molecule has 2 nitrogen and oxygen atoms in total. The van der Waals surface area contributed by atoms with Crippen LogP contribution in [0.1, 0.15) is 39.5 Å². The van der Waals surface area contributed by atoms with Crippen molar-refractivity contribution in [3.63, 3.8) is 0 Å². The van der Waals surface area contributed by atoms with Crippen molar-refractivity contribution < 1.29 is 0 Å². The molecular formula is C12H19ClN2. The Hall–Kier alpha value is -0.760. The number of rotatable bonds is 6. The zero-order valence-corrected chi connectivity index (χ0v) is 10.2. The number of unbranched alkanes of at least 4 members (excludes halogenated alkanes) is 1. The van der Waals surface area contributed by atoms with Crippen LogP contribution in [-0.4, -0.2) is 11.0 Å². The van der Waals surface area contributed by atoms with Gasteiger partial charge in [0.2, 0.25) is 0 Å². The average Bonchev–Trinajstić information content (AvgIpc) is 2.26. The Labute approximate surface area is 97.1 Å². The SMILES string of the molecule is CCCCC(CC)Nc1cnccc1Cl. The maximum absolute atomic E-state index is 6.06. The Morgan fingerprint density at radius 3 is 2.87 bits per heavy atom. The van der Waals surface area contributed by atoms with Crippen molar-refractivity contribution >= 4 is 17.3 Å². The third-order valence-corrected chi connectivity index (χ3v) is 2.86. The van der Waals surface area contributed by atoms with Gasteiger partial charge in [-0.3, -0.25) is 4.98 Å². The highest BCUT2D eigenvalue weighted by atomic mass is 35.5. The first-order valence-electron chi connectivity index (χ1n) is 5.64. The van der Waals surface area contributed by atoms with Crippen molar-refractivity contribution in [3.05, 3.63) is 23.5 Å². The highest BCUT2D eigenvalue weighted by Crippen LogP contribution is 2.21. The molecule has 1 heterocycles. The Morgan fingerprint density at radius 2 is 2.27 bits per heavy atom. The van der Waals surface area contributed by atoms with Gasteiger partial charge in [0.05, 0.1) is 16.9 Å². The first kappa shape index (κ1) is 12.3. The molecule has 15 heavy (non-hydrogen) atoms. The second kappa shape index (κ2) is 6.67. The number of hydrogen-bond donors (Lipinski definition) is 1. The summed E-state index contributed by atoms with van der Waals surface area (Å²) >= 11 is 6.06. The minimum atomic E-state index is 0.506. The number of halogens is 1. The molecule has 0 radical (unpaired) electrons. The zero-order valence-electron chi connectivity index (χ0n) is 9.46. The molecule has 84 valence electrons. The second-order valence-electron chi connectivity index (χ2n) is 3.75. The monoisotopic (exact) mass is 226 g/mol. The molecule has 0 saturated carbocycles. The fourth-order valence-electron chi connectivity index (χ4n) is 1.53. The van der Waals surface area contributed by atoms with Gasteiger partial charge in [0.25, 0.3) is 0 Å². The van der Waals surface area contributed by atoms with E-state index in [-0.39, 0.29) is 0 Å². The normalized spacial score (nSPS) is 12.5. The number of nitrogens with one attached hydrogen (secondary N) is 1. The van der Waals surface area contributed by atoms with Crippen molar-refractivity contribution in [2.45, 2.75) is 45.6 Å².